The van der Waals surface area contributed by atoms with Gasteiger partial charge in [-0.05, 0) is 111 Å². The van der Waals surface area contributed by atoms with Crippen molar-refractivity contribution in [3.63, 3.8) is 0 Å². The van der Waals surface area contributed by atoms with Crippen LogP contribution in [0.4, 0.5) is 0 Å². The maximum Gasteiger partial charge on any atom is 0.162 e. The van der Waals surface area contributed by atoms with Crippen molar-refractivity contribution in [1.82, 2.24) is 20.2 Å². The molecule has 0 aromatic carbocycles. The van der Waals surface area contributed by atoms with E-state index in [0.717, 1.165) is 49.9 Å². The van der Waals surface area contributed by atoms with Crippen LogP contribution >= 0.6 is 0 Å². The van der Waals surface area contributed by atoms with Crippen LogP contribution in [0.15, 0.2) is 6.33 Å². The van der Waals surface area contributed by atoms with E-state index in [9.17, 15) is 9.90 Å². The fourth-order valence-corrected chi connectivity index (χ4v) is 8.50. The molecule has 0 unspecified atom stereocenters. The lowest BCUT2D eigenvalue weighted by molar-refractivity contribution is -0.132. The largest absolute Gasteiger partial charge is 0.378 e. The number of fused-ring (bicyclic) bond motifs is 5. The van der Waals surface area contributed by atoms with E-state index in [4.69, 9.17) is 0 Å². The highest BCUT2D eigenvalue weighted by Gasteiger charge is 2.59. The zero-order valence-corrected chi connectivity index (χ0v) is 19.2. The molecule has 0 saturated heterocycles. The van der Waals surface area contributed by atoms with Crippen molar-refractivity contribution < 1.29 is 9.90 Å². The molecule has 1 aromatic heterocycles. The molecule has 6 nitrogen and oxygen atoms in total. The fourth-order valence-electron chi connectivity index (χ4n) is 8.50. The zero-order valence-electron chi connectivity index (χ0n) is 19.2. The first-order valence-electron chi connectivity index (χ1n) is 12.9. The standard InChI is InChI=1S/C26H36N4O2/c1-25-11-9-20-19-10-13-26(32,12-8-17-2-3-17)14-18(19)4-5-21(20)22(25)6-7-23(25)24(31)15-30-28-16-27-29-30/h16-23,32H,2-7,9-11,13-15H2,1H3/t18-,19-,20+,21+,22-,23+,25-,26+/m0/s1. The minimum absolute atomic E-state index is 0.122. The quantitative estimate of drug-likeness (QED) is 0.732. The maximum atomic E-state index is 13.2. The molecule has 1 heterocycles. The van der Waals surface area contributed by atoms with Gasteiger partial charge < -0.3 is 5.11 Å². The summed E-state index contributed by atoms with van der Waals surface area (Å²) in [5, 5.41) is 22.9. The molecule has 0 radical (unpaired) electrons. The van der Waals surface area contributed by atoms with Crippen LogP contribution < -0.4 is 0 Å². The number of tetrazole rings is 1. The van der Waals surface area contributed by atoms with E-state index in [2.05, 4.69) is 34.2 Å². The molecule has 172 valence electrons. The Kier molecular flexibility index (Phi) is 4.98. The van der Waals surface area contributed by atoms with E-state index in [0.29, 0.717) is 17.8 Å². The summed E-state index contributed by atoms with van der Waals surface area (Å²) >= 11 is 0. The van der Waals surface area contributed by atoms with E-state index >= 15 is 0 Å². The molecule has 0 bridgehead atoms. The lowest BCUT2D eigenvalue weighted by Gasteiger charge is -2.56. The summed E-state index contributed by atoms with van der Waals surface area (Å²) in [6.45, 7) is 2.66. The first-order chi connectivity index (χ1) is 15.5. The number of carbonyl (C=O) groups is 1. The molecular weight excluding hydrogens is 400 g/mol. The van der Waals surface area contributed by atoms with Gasteiger partial charge in [-0.25, -0.2) is 0 Å². The van der Waals surface area contributed by atoms with Crippen LogP contribution in [0.3, 0.4) is 0 Å². The van der Waals surface area contributed by atoms with Crippen molar-refractivity contribution in [2.75, 3.05) is 0 Å². The number of hydrogen-bond acceptors (Lipinski definition) is 5. The second-order valence-corrected chi connectivity index (χ2v) is 11.9. The van der Waals surface area contributed by atoms with Crippen molar-refractivity contribution in [2.45, 2.75) is 89.7 Å². The summed E-state index contributed by atoms with van der Waals surface area (Å²) < 4.78 is 0. The van der Waals surface area contributed by atoms with Crippen molar-refractivity contribution in [3.8, 4) is 11.8 Å². The van der Waals surface area contributed by atoms with E-state index in [1.807, 2.05) is 0 Å². The van der Waals surface area contributed by atoms with E-state index in [1.54, 1.807) is 0 Å². The summed E-state index contributed by atoms with van der Waals surface area (Å²) in [6, 6.07) is 0. The summed E-state index contributed by atoms with van der Waals surface area (Å²) in [5.74, 6) is 11.2. The number of rotatable bonds is 3. The van der Waals surface area contributed by atoms with E-state index < -0.39 is 5.60 Å². The van der Waals surface area contributed by atoms with Gasteiger partial charge in [0.05, 0.1) is 0 Å². The zero-order chi connectivity index (χ0) is 21.9. The Morgan fingerprint density at radius 1 is 1.06 bits per heavy atom. The monoisotopic (exact) mass is 436 g/mol. The van der Waals surface area contributed by atoms with E-state index in [1.165, 1.54) is 49.6 Å². The highest BCUT2D eigenvalue weighted by atomic mass is 16.3. The Balaban J connectivity index is 1.15. The summed E-state index contributed by atoms with van der Waals surface area (Å²) in [5.41, 5.74) is -0.614. The summed E-state index contributed by atoms with van der Waals surface area (Å²) in [6.07, 6.45) is 13.8. The Bertz CT molecular complexity index is 931. The van der Waals surface area contributed by atoms with Crippen LogP contribution in [-0.2, 0) is 11.3 Å². The van der Waals surface area contributed by atoms with Gasteiger partial charge in [-0.15, -0.1) is 10.2 Å². The van der Waals surface area contributed by atoms with Gasteiger partial charge in [0.1, 0.15) is 12.1 Å². The number of aromatic nitrogens is 4. The van der Waals surface area contributed by atoms with Crippen molar-refractivity contribution >= 4 is 5.78 Å². The van der Waals surface area contributed by atoms with Crippen LogP contribution in [0.1, 0.15) is 77.6 Å². The van der Waals surface area contributed by atoms with Gasteiger partial charge in [0, 0.05) is 11.8 Å². The Labute approximate surface area is 190 Å². The topological polar surface area (TPSA) is 80.9 Å². The fraction of sp³-hybridized carbons (Fsp3) is 0.846. The molecule has 0 spiro atoms. The third-order valence-corrected chi connectivity index (χ3v) is 10.2. The number of hydrogen-bond donors (Lipinski definition) is 1. The van der Waals surface area contributed by atoms with Gasteiger partial charge in [0.15, 0.2) is 12.1 Å². The van der Waals surface area contributed by atoms with Gasteiger partial charge in [0.25, 0.3) is 0 Å². The predicted molar refractivity (Wildman–Crippen MR) is 119 cm³/mol. The van der Waals surface area contributed by atoms with Crippen LogP contribution in [0.25, 0.3) is 0 Å². The number of nitrogens with zero attached hydrogens (tertiary/aromatic N) is 4. The van der Waals surface area contributed by atoms with Gasteiger partial charge in [-0.1, -0.05) is 18.8 Å². The van der Waals surface area contributed by atoms with Crippen molar-refractivity contribution in [3.05, 3.63) is 6.33 Å². The molecule has 1 N–H and O–H groups in total. The molecule has 6 rings (SSSR count). The van der Waals surface area contributed by atoms with Crippen LogP contribution in [0.5, 0.6) is 0 Å². The van der Waals surface area contributed by atoms with Crippen molar-refractivity contribution in [2.24, 2.45) is 46.8 Å². The molecule has 32 heavy (non-hydrogen) atoms. The Morgan fingerprint density at radius 3 is 2.69 bits per heavy atom. The Hall–Kier alpha value is -1.74. The average Bonchev–Trinajstić information content (AvgIpc) is 3.34. The number of ketones is 1. The van der Waals surface area contributed by atoms with Crippen molar-refractivity contribution in [1.29, 1.82) is 0 Å². The molecule has 1 aromatic rings. The van der Waals surface area contributed by atoms with Gasteiger partial charge in [0.2, 0.25) is 0 Å². The molecule has 5 fully saturated rings. The molecule has 6 heteroatoms. The SMILES string of the molecule is C[C@]12CC[C@H]3[C@@H](CC[C@H]4C[C@@](O)(C#CC5CC5)CC[C@@H]43)[C@@H]1CC[C@@H]2C(=O)Cn1ncnn1. The third kappa shape index (κ3) is 3.52. The minimum Gasteiger partial charge on any atom is -0.378 e. The van der Waals surface area contributed by atoms with Crippen LogP contribution in [-0.4, -0.2) is 36.7 Å². The predicted octanol–water partition coefficient (Wildman–Crippen LogP) is 3.66. The first kappa shape index (κ1) is 20.8. The molecular formula is C26H36N4O2. The minimum atomic E-state index is -0.736. The number of carbonyl (C=O) groups excluding carboxylic acids is 1. The van der Waals surface area contributed by atoms with Gasteiger partial charge >= 0.3 is 0 Å². The molecule has 5 aliphatic carbocycles. The molecule has 8 atom stereocenters. The van der Waals surface area contributed by atoms with E-state index in [-0.39, 0.29) is 23.7 Å². The highest BCUT2D eigenvalue weighted by Crippen LogP contribution is 2.64. The van der Waals surface area contributed by atoms with Gasteiger partial charge in [-0.3, -0.25) is 4.79 Å². The molecule has 0 aliphatic heterocycles. The van der Waals surface area contributed by atoms with Gasteiger partial charge in [-0.2, -0.15) is 4.80 Å². The van der Waals surface area contributed by atoms with Crippen LogP contribution in [0.2, 0.25) is 0 Å². The molecule has 5 saturated carbocycles. The smallest absolute Gasteiger partial charge is 0.162 e. The molecule has 5 aliphatic rings. The lowest BCUT2D eigenvalue weighted by Crippen LogP contribution is -2.51. The second kappa shape index (κ2) is 7.65. The maximum absolute atomic E-state index is 13.2. The second-order valence-electron chi connectivity index (χ2n) is 11.9. The highest BCUT2D eigenvalue weighted by molar-refractivity contribution is 5.81. The lowest BCUT2D eigenvalue weighted by atomic mass is 9.49. The number of Topliss-reactive ketones (excluding diaryl/α,β-unsaturated/α-hetero) is 1. The summed E-state index contributed by atoms with van der Waals surface area (Å²) in [7, 11) is 0. The Morgan fingerprint density at radius 2 is 1.91 bits per heavy atom. The normalized spacial score (nSPS) is 45.2. The first-order valence-corrected chi connectivity index (χ1v) is 12.9. The third-order valence-electron chi connectivity index (χ3n) is 10.2. The number of aliphatic hydroxyl groups is 1. The van der Waals surface area contributed by atoms with Crippen LogP contribution in [0, 0.1) is 58.7 Å². The molecule has 0 amide bonds. The average molecular weight is 437 g/mol. The summed E-state index contributed by atoms with van der Waals surface area (Å²) in [4.78, 5) is 14.6.